The number of hydrogen-bond acceptors (Lipinski definition) is 0. The van der Waals surface area contributed by atoms with Gasteiger partial charge in [-0.15, -0.1) is 5.73 Å². The zero-order valence-corrected chi connectivity index (χ0v) is 15.7. The van der Waals surface area contributed by atoms with E-state index in [0.29, 0.717) is 0 Å². The van der Waals surface area contributed by atoms with Crippen LogP contribution >= 0.6 is 0 Å². The molecule has 0 unspecified atom stereocenters. The van der Waals surface area contributed by atoms with Crippen molar-refractivity contribution in [3.63, 3.8) is 0 Å². The summed E-state index contributed by atoms with van der Waals surface area (Å²) in [5.41, 5.74) is 10.3. The van der Waals surface area contributed by atoms with Gasteiger partial charge in [-0.25, -0.2) is 0 Å². The highest BCUT2D eigenvalue weighted by atomic mass is 28.3. The van der Waals surface area contributed by atoms with E-state index in [1.165, 1.54) is 16.7 Å². The van der Waals surface area contributed by atoms with Gasteiger partial charge in [0.05, 0.1) is 8.07 Å². The first-order valence-electron chi connectivity index (χ1n) is 8.56. The van der Waals surface area contributed by atoms with Crippen LogP contribution in [0.3, 0.4) is 0 Å². The fraction of sp³-hybridized carbons (Fsp3) is 0.318. The molecule has 0 nitrogen and oxygen atoms in total. The molecule has 0 fully saturated rings. The summed E-state index contributed by atoms with van der Waals surface area (Å²) in [6.45, 7) is 7.10. The van der Waals surface area contributed by atoms with Crippen molar-refractivity contribution in [2.75, 3.05) is 0 Å². The minimum atomic E-state index is -1.19. The number of benzene rings is 2. The molecular weight excluding hydrogens is 292 g/mol. The molecule has 0 saturated heterocycles. The summed E-state index contributed by atoms with van der Waals surface area (Å²) in [4.78, 5) is 0. The minimum Gasteiger partial charge on any atom is -0.130 e. The summed E-state index contributed by atoms with van der Waals surface area (Å²) < 4.78 is 0. The monoisotopic (exact) mass is 320 g/mol. The highest BCUT2D eigenvalue weighted by Gasteiger charge is 2.07. The lowest BCUT2D eigenvalue weighted by molar-refractivity contribution is 0.838. The second kappa shape index (κ2) is 8.72. The molecule has 0 aliphatic heterocycles. The number of aryl methyl sites for hydroxylation is 2. The first kappa shape index (κ1) is 17.5. The Balaban J connectivity index is 2.04. The summed E-state index contributed by atoms with van der Waals surface area (Å²) >= 11 is 0. The molecule has 0 aromatic heterocycles. The third-order valence-corrected chi connectivity index (χ3v) is 4.84. The molecule has 1 heteroatoms. The number of hydrogen-bond donors (Lipinski definition) is 0. The zero-order valence-electron chi connectivity index (χ0n) is 14.7. The Kier molecular flexibility index (Phi) is 6.64. The summed E-state index contributed by atoms with van der Waals surface area (Å²) in [7, 11) is -1.19. The molecule has 0 heterocycles. The Hall–Kier alpha value is -1.82. The van der Waals surface area contributed by atoms with E-state index in [2.05, 4.69) is 91.7 Å². The van der Waals surface area contributed by atoms with Gasteiger partial charge in [0.2, 0.25) is 0 Å². The molecule has 0 aliphatic carbocycles. The van der Waals surface area contributed by atoms with Crippen LogP contribution < -0.4 is 0 Å². The molecule has 0 atom stereocenters. The maximum atomic E-state index is 3.65. The topological polar surface area (TPSA) is 0 Å². The van der Waals surface area contributed by atoms with Crippen molar-refractivity contribution in [1.29, 1.82) is 0 Å². The average molecular weight is 321 g/mol. The van der Waals surface area contributed by atoms with Crippen molar-refractivity contribution < 1.29 is 0 Å². The van der Waals surface area contributed by atoms with E-state index in [-0.39, 0.29) is 0 Å². The summed E-state index contributed by atoms with van der Waals surface area (Å²) in [5.74, 6) is 0. The minimum absolute atomic E-state index is 1.11. The predicted molar refractivity (Wildman–Crippen MR) is 104 cm³/mol. The summed E-state index contributed by atoms with van der Waals surface area (Å²) in [6, 6.07) is 21.5. The SMILES string of the molecule is C[Si](C)(C)C=C=C(CCc1ccccc1)CCc1ccccc1. The summed E-state index contributed by atoms with van der Waals surface area (Å²) in [6.07, 6.45) is 4.44. The third-order valence-electron chi connectivity index (χ3n) is 3.83. The van der Waals surface area contributed by atoms with Gasteiger partial charge < -0.3 is 0 Å². The van der Waals surface area contributed by atoms with Gasteiger partial charge in [-0.05, 0) is 42.4 Å². The maximum Gasteiger partial charge on any atom is 0.0781 e. The molecule has 0 radical (unpaired) electrons. The van der Waals surface area contributed by atoms with Crippen molar-refractivity contribution in [3.05, 3.63) is 88.8 Å². The Labute approximate surface area is 142 Å². The Morgan fingerprint density at radius 3 is 1.61 bits per heavy atom. The fourth-order valence-electron chi connectivity index (χ4n) is 2.47. The molecule has 0 bridgehead atoms. The Bertz CT molecular complexity index is 596. The van der Waals surface area contributed by atoms with E-state index >= 15 is 0 Å². The van der Waals surface area contributed by atoms with Crippen molar-refractivity contribution in [1.82, 2.24) is 0 Å². The quantitative estimate of drug-likeness (QED) is 0.420. The van der Waals surface area contributed by atoms with E-state index in [0.717, 1.165) is 25.7 Å². The zero-order chi connectivity index (χ0) is 16.5. The number of rotatable bonds is 7. The van der Waals surface area contributed by atoms with Crippen molar-refractivity contribution in [2.24, 2.45) is 0 Å². The predicted octanol–water partition coefficient (Wildman–Crippen LogP) is 6.21. The third kappa shape index (κ3) is 7.32. The first-order valence-corrected chi connectivity index (χ1v) is 12.1. The van der Waals surface area contributed by atoms with Crippen LogP contribution in [0.4, 0.5) is 0 Å². The first-order chi connectivity index (χ1) is 11.0. The van der Waals surface area contributed by atoms with Gasteiger partial charge >= 0.3 is 0 Å². The fourth-order valence-corrected chi connectivity index (χ4v) is 3.10. The van der Waals surface area contributed by atoms with Crippen LogP contribution in [-0.2, 0) is 12.8 Å². The van der Waals surface area contributed by atoms with Crippen LogP contribution in [0, 0.1) is 0 Å². The molecule has 2 aromatic carbocycles. The molecular formula is C22H28Si. The highest BCUT2D eigenvalue weighted by molar-refractivity contribution is 6.80. The number of allylic oxidation sites excluding steroid dienone is 1. The molecule has 23 heavy (non-hydrogen) atoms. The smallest absolute Gasteiger partial charge is 0.0781 e. The lowest BCUT2D eigenvalue weighted by Crippen LogP contribution is -2.14. The van der Waals surface area contributed by atoms with Gasteiger partial charge in [0.25, 0.3) is 0 Å². The molecule has 120 valence electrons. The van der Waals surface area contributed by atoms with Crippen molar-refractivity contribution in [3.8, 4) is 0 Å². The maximum absolute atomic E-state index is 3.65. The molecule has 0 spiro atoms. The molecule has 0 aliphatic rings. The van der Waals surface area contributed by atoms with Gasteiger partial charge in [-0.2, -0.15) is 0 Å². The second-order valence-electron chi connectivity index (χ2n) is 7.23. The van der Waals surface area contributed by atoms with Gasteiger partial charge in [0.15, 0.2) is 0 Å². The van der Waals surface area contributed by atoms with Crippen LogP contribution in [-0.4, -0.2) is 8.07 Å². The van der Waals surface area contributed by atoms with E-state index in [9.17, 15) is 0 Å². The van der Waals surface area contributed by atoms with Crippen LogP contribution in [0.5, 0.6) is 0 Å². The van der Waals surface area contributed by atoms with Crippen LogP contribution in [0.15, 0.2) is 77.7 Å². The van der Waals surface area contributed by atoms with Crippen molar-refractivity contribution in [2.45, 2.75) is 45.3 Å². The molecule has 2 aromatic rings. The second-order valence-corrected chi connectivity index (χ2v) is 12.3. The molecule has 2 rings (SSSR count). The van der Waals surface area contributed by atoms with Gasteiger partial charge in [-0.1, -0.05) is 86.0 Å². The van der Waals surface area contributed by atoms with Gasteiger partial charge in [0.1, 0.15) is 0 Å². The van der Waals surface area contributed by atoms with E-state index in [1.807, 2.05) is 0 Å². The average Bonchev–Trinajstić information content (AvgIpc) is 2.55. The Morgan fingerprint density at radius 2 is 1.22 bits per heavy atom. The van der Waals surface area contributed by atoms with E-state index in [4.69, 9.17) is 0 Å². The molecule has 0 N–H and O–H groups in total. The van der Waals surface area contributed by atoms with Crippen LogP contribution in [0.2, 0.25) is 19.6 Å². The van der Waals surface area contributed by atoms with Crippen molar-refractivity contribution >= 4 is 8.07 Å². The normalized spacial score (nSPS) is 10.9. The van der Waals surface area contributed by atoms with E-state index < -0.39 is 8.07 Å². The van der Waals surface area contributed by atoms with Crippen LogP contribution in [0.25, 0.3) is 0 Å². The van der Waals surface area contributed by atoms with Gasteiger partial charge in [-0.3, -0.25) is 0 Å². The lowest BCUT2D eigenvalue weighted by atomic mass is 9.99. The highest BCUT2D eigenvalue weighted by Crippen LogP contribution is 2.15. The Morgan fingerprint density at radius 1 is 0.783 bits per heavy atom. The van der Waals surface area contributed by atoms with Crippen LogP contribution in [0.1, 0.15) is 24.0 Å². The lowest BCUT2D eigenvalue weighted by Gasteiger charge is -2.09. The summed E-state index contributed by atoms with van der Waals surface area (Å²) in [5, 5.41) is 0. The standard InChI is InChI=1S/C22H28Si/c1-23(2,3)19-18-22(16-14-20-10-6-4-7-11-20)17-15-21-12-8-5-9-13-21/h4-13,19H,14-17H2,1-3H3. The molecule has 0 amide bonds. The largest absolute Gasteiger partial charge is 0.130 e. The van der Waals surface area contributed by atoms with Gasteiger partial charge in [0, 0.05) is 0 Å². The van der Waals surface area contributed by atoms with E-state index in [1.54, 1.807) is 0 Å². The molecule has 0 saturated carbocycles.